The fourth-order valence-corrected chi connectivity index (χ4v) is 0.898. The van der Waals surface area contributed by atoms with Crippen molar-refractivity contribution in [1.82, 2.24) is 0 Å². The molecule has 1 aliphatic carbocycles. The van der Waals surface area contributed by atoms with Crippen LogP contribution in [0.15, 0.2) is 0 Å². The number of hydrogen-bond acceptors (Lipinski definition) is 0. The minimum atomic E-state index is 0. The van der Waals surface area contributed by atoms with Crippen LogP contribution in [0, 0.1) is 6.42 Å². The molecule has 0 aromatic rings. The molecule has 0 atom stereocenters. The summed E-state index contributed by atoms with van der Waals surface area (Å²) in [6.45, 7) is 0. The first-order valence-corrected chi connectivity index (χ1v) is 2.82. The smallest absolute Gasteiger partial charge is 0 e. The fraction of sp³-hybridized carbons (Fsp3) is 0.833. The Morgan fingerprint density at radius 3 is 1.57 bits per heavy atom. The van der Waals surface area contributed by atoms with Gasteiger partial charge in [-0.2, -0.15) is 12.8 Å². The molecular weight excluding hydrogens is 178 g/mol. The van der Waals surface area contributed by atoms with Crippen molar-refractivity contribution >= 4 is 0 Å². The van der Waals surface area contributed by atoms with Crippen LogP contribution in [0.2, 0.25) is 0 Å². The Bertz CT molecular complexity index is 19.7. The first-order chi connectivity index (χ1) is 3.00. The molecule has 1 aliphatic rings. The molecule has 0 amide bonds. The van der Waals surface area contributed by atoms with Gasteiger partial charge in [-0.25, -0.2) is 0 Å². The molecule has 1 rings (SSSR count). The summed E-state index contributed by atoms with van der Waals surface area (Å²) in [4.78, 5) is 0. The van der Waals surface area contributed by atoms with E-state index in [2.05, 4.69) is 6.42 Å². The van der Waals surface area contributed by atoms with Gasteiger partial charge in [-0.3, -0.25) is 0 Å². The van der Waals surface area contributed by atoms with Gasteiger partial charge in [-0.05, 0) is 0 Å². The summed E-state index contributed by atoms with van der Waals surface area (Å²) in [5.74, 6) is 0. The van der Waals surface area contributed by atoms with Gasteiger partial charge in [0.05, 0.1) is 0 Å². The van der Waals surface area contributed by atoms with Crippen LogP contribution in [0.5, 0.6) is 0 Å². The SMILES string of the molecule is [CH-]1CCCCC1.[Pd]. The van der Waals surface area contributed by atoms with Crippen LogP contribution in [-0.2, 0) is 20.4 Å². The van der Waals surface area contributed by atoms with Crippen LogP contribution < -0.4 is 0 Å². The van der Waals surface area contributed by atoms with Crippen LogP contribution in [0.3, 0.4) is 0 Å². The van der Waals surface area contributed by atoms with E-state index in [1.54, 1.807) is 0 Å². The molecule has 0 aliphatic heterocycles. The van der Waals surface area contributed by atoms with Crippen molar-refractivity contribution in [2.45, 2.75) is 32.1 Å². The summed E-state index contributed by atoms with van der Waals surface area (Å²) in [7, 11) is 0. The Morgan fingerprint density at radius 1 is 0.857 bits per heavy atom. The molecule has 1 heteroatoms. The second kappa shape index (κ2) is 4.81. The van der Waals surface area contributed by atoms with E-state index in [0.29, 0.717) is 0 Å². The molecule has 0 radical (unpaired) electrons. The fourth-order valence-electron chi connectivity index (χ4n) is 0.898. The van der Waals surface area contributed by atoms with E-state index in [0.717, 1.165) is 0 Å². The Kier molecular flexibility index (Phi) is 5.27. The molecule has 0 aromatic heterocycles. The summed E-state index contributed by atoms with van der Waals surface area (Å²) in [5, 5.41) is 0. The van der Waals surface area contributed by atoms with Gasteiger partial charge < -0.3 is 6.42 Å². The summed E-state index contributed by atoms with van der Waals surface area (Å²) in [5.41, 5.74) is 0. The molecule has 1 fully saturated rings. The summed E-state index contributed by atoms with van der Waals surface area (Å²) in [6.07, 6.45) is 9.50. The van der Waals surface area contributed by atoms with E-state index >= 15 is 0 Å². The van der Waals surface area contributed by atoms with Gasteiger partial charge in [0.15, 0.2) is 0 Å². The predicted octanol–water partition coefficient (Wildman–Crippen LogP) is 2.15. The van der Waals surface area contributed by atoms with Gasteiger partial charge in [0.25, 0.3) is 0 Å². The van der Waals surface area contributed by atoms with Crippen molar-refractivity contribution in [1.29, 1.82) is 0 Å². The maximum Gasteiger partial charge on any atom is 0 e. The van der Waals surface area contributed by atoms with Crippen molar-refractivity contribution in [3.05, 3.63) is 6.42 Å². The molecule has 0 N–H and O–H groups in total. The largest absolute Gasteiger partial charge is 0.328 e. The number of rotatable bonds is 0. The third-order valence-corrected chi connectivity index (χ3v) is 1.32. The van der Waals surface area contributed by atoms with E-state index in [9.17, 15) is 0 Å². The first-order valence-electron chi connectivity index (χ1n) is 2.82. The first kappa shape index (κ1) is 7.66. The second-order valence-electron chi connectivity index (χ2n) is 1.93. The zero-order valence-corrected chi connectivity index (χ0v) is 5.98. The van der Waals surface area contributed by atoms with Crippen LogP contribution in [-0.4, -0.2) is 0 Å². The maximum atomic E-state index is 2.39. The average molecular weight is 190 g/mol. The summed E-state index contributed by atoms with van der Waals surface area (Å²) in [6, 6.07) is 0. The topological polar surface area (TPSA) is 0 Å². The van der Waals surface area contributed by atoms with E-state index in [-0.39, 0.29) is 20.4 Å². The Labute approximate surface area is 59.3 Å². The van der Waals surface area contributed by atoms with Gasteiger partial charge in [0, 0.05) is 20.4 Å². The van der Waals surface area contributed by atoms with Crippen molar-refractivity contribution in [2.24, 2.45) is 0 Å². The normalized spacial score (nSPS) is 20.6. The summed E-state index contributed by atoms with van der Waals surface area (Å²) < 4.78 is 0. The van der Waals surface area contributed by atoms with Crippen molar-refractivity contribution in [3.8, 4) is 0 Å². The summed E-state index contributed by atoms with van der Waals surface area (Å²) >= 11 is 0. The predicted molar refractivity (Wildman–Crippen MR) is 27.4 cm³/mol. The Hall–Kier alpha value is 0.662. The van der Waals surface area contributed by atoms with Crippen LogP contribution in [0.25, 0.3) is 0 Å². The third kappa shape index (κ3) is 3.26. The molecule has 0 bridgehead atoms. The van der Waals surface area contributed by atoms with Gasteiger partial charge in [-0.1, -0.05) is 19.3 Å². The molecule has 0 spiro atoms. The standard InChI is InChI=1S/C6H11.Pd/c1-2-4-6-5-3-1;/h1H,2-6H2;/q-1;. The molecule has 0 aromatic carbocycles. The van der Waals surface area contributed by atoms with Crippen molar-refractivity contribution in [2.75, 3.05) is 0 Å². The Balaban J connectivity index is 0.000000360. The van der Waals surface area contributed by atoms with E-state index in [1.807, 2.05) is 0 Å². The molecule has 1 saturated carbocycles. The van der Waals surface area contributed by atoms with Crippen LogP contribution in [0.1, 0.15) is 32.1 Å². The van der Waals surface area contributed by atoms with E-state index in [4.69, 9.17) is 0 Å². The van der Waals surface area contributed by atoms with Gasteiger partial charge in [-0.15, -0.1) is 0 Å². The average Bonchev–Trinajstić information content (AvgIpc) is 1.72. The molecule has 0 heterocycles. The zero-order chi connectivity index (χ0) is 4.24. The van der Waals surface area contributed by atoms with Crippen LogP contribution >= 0.6 is 0 Å². The zero-order valence-electron chi connectivity index (χ0n) is 4.43. The Morgan fingerprint density at radius 2 is 1.43 bits per heavy atom. The van der Waals surface area contributed by atoms with E-state index in [1.165, 1.54) is 32.1 Å². The molecule has 7 heavy (non-hydrogen) atoms. The van der Waals surface area contributed by atoms with Crippen LogP contribution in [0.4, 0.5) is 0 Å². The monoisotopic (exact) mass is 189 g/mol. The van der Waals surface area contributed by atoms with Gasteiger partial charge in [0.2, 0.25) is 0 Å². The maximum absolute atomic E-state index is 2.39. The third-order valence-electron chi connectivity index (χ3n) is 1.32. The molecule has 0 nitrogen and oxygen atoms in total. The molecule has 0 unspecified atom stereocenters. The second-order valence-corrected chi connectivity index (χ2v) is 1.93. The van der Waals surface area contributed by atoms with Crippen molar-refractivity contribution < 1.29 is 20.4 Å². The molecule has 0 saturated heterocycles. The minimum Gasteiger partial charge on any atom is -0.328 e. The molecular formula is C6H11Pd-. The van der Waals surface area contributed by atoms with E-state index < -0.39 is 0 Å². The quantitative estimate of drug-likeness (QED) is 0.405. The van der Waals surface area contributed by atoms with Gasteiger partial charge in [0.1, 0.15) is 0 Å². The number of hydrogen-bond donors (Lipinski definition) is 0. The molecule has 46 valence electrons. The van der Waals surface area contributed by atoms with Gasteiger partial charge >= 0.3 is 0 Å². The minimum absolute atomic E-state index is 0. The van der Waals surface area contributed by atoms with Crippen molar-refractivity contribution in [3.63, 3.8) is 0 Å².